The summed E-state index contributed by atoms with van der Waals surface area (Å²) < 4.78 is 18.7. The minimum Gasteiger partial charge on any atom is -0.388 e. The first-order valence-electron chi connectivity index (χ1n) is 8.36. The van der Waals surface area contributed by atoms with Gasteiger partial charge in [-0.05, 0) is 37.5 Å². The van der Waals surface area contributed by atoms with Crippen molar-refractivity contribution in [2.45, 2.75) is 49.9 Å². The molecule has 132 valence electrons. The second-order valence-electron chi connectivity index (χ2n) is 7.23. The third-order valence-electron chi connectivity index (χ3n) is 5.24. The Balaban J connectivity index is 1.57. The van der Waals surface area contributed by atoms with Crippen LogP contribution in [-0.4, -0.2) is 58.0 Å². The average Bonchev–Trinajstić information content (AvgIpc) is 2.54. The van der Waals surface area contributed by atoms with E-state index in [1.165, 1.54) is 12.1 Å². The van der Waals surface area contributed by atoms with Gasteiger partial charge in [0, 0.05) is 19.5 Å². The van der Waals surface area contributed by atoms with Crippen molar-refractivity contribution < 1.29 is 24.1 Å². The second kappa shape index (κ2) is 6.43. The molecule has 6 heteroatoms. The molecule has 0 unspecified atom stereocenters. The fraction of sp³-hybridized carbons (Fsp3) is 0.611. The van der Waals surface area contributed by atoms with Crippen molar-refractivity contribution in [1.82, 2.24) is 4.90 Å². The van der Waals surface area contributed by atoms with Gasteiger partial charge in [-0.25, -0.2) is 4.39 Å². The number of benzene rings is 1. The van der Waals surface area contributed by atoms with Crippen molar-refractivity contribution in [1.29, 1.82) is 0 Å². The van der Waals surface area contributed by atoms with Crippen LogP contribution in [-0.2, 0) is 16.0 Å². The topological polar surface area (TPSA) is 70.0 Å². The highest BCUT2D eigenvalue weighted by molar-refractivity contribution is 5.78. The van der Waals surface area contributed by atoms with E-state index < -0.39 is 17.3 Å². The molecule has 1 spiro atoms. The third kappa shape index (κ3) is 3.61. The molecule has 24 heavy (non-hydrogen) atoms. The zero-order chi connectivity index (χ0) is 17.4. The minimum absolute atomic E-state index is 0.0130. The first kappa shape index (κ1) is 17.3. The largest absolute Gasteiger partial charge is 0.388 e. The Morgan fingerprint density at radius 2 is 1.96 bits per heavy atom. The van der Waals surface area contributed by atoms with Gasteiger partial charge in [0.1, 0.15) is 11.9 Å². The lowest BCUT2D eigenvalue weighted by Gasteiger charge is -2.49. The van der Waals surface area contributed by atoms with Crippen LogP contribution >= 0.6 is 0 Å². The lowest BCUT2D eigenvalue weighted by Crippen LogP contribution is -2.59. The number of carbonyl (C=O) groups is 1. The van der Waals surface area contributed by atoms with Crippen molar-refractivity contribution in [3.63, 3.8) is 0 Å². The van der Waals surface area contributed by atoms with Gasteiger partial charge in [0.2, 0.25) is 5.91 Å². The molecule has 2 N–H and O–H groups in total. The Labute approximate surface area is 141 Å². The smallest absolute Gasteiger partial charge is 0.226 e. The zero-order valence-electron chi connectivity index (χ0n) is 13.9. The molecule has 0 aliphatic carbocycles. The molecule has 0 saturated carbocycles. The molecule has 2 aliphatic rings. The molecule has 2 aliphatic heterocycles. The quantitative estimate of drug-likeness (QED) is 0.852. The number of aliphatic hydroxyl groups is 2. The molecule has 0 radical (unpaired) electrons. The number of nitrogens with zero attached hydrogens (tertiary/aromatic N) is 1. The van der Waals surface area contributed by atoms with Gasteiger partial charge in [-0.15, -0.1) is 0 Å². The first-order valence-corrected chi connectivity index (χ1v) is 8.36. The highest BCUT2D eigenvalue weighted by Crippen LogP contribution is 2.39. The molecule has 3 rings (SSSR count). The van der Waals surface area contributed by atoms with Crippen molar-refractivity contribution in [2.24, 2.45) is 0 Å². The molecule has 2 fully saturated rings. The molecule has 1 amide bonds. The number of amides is 1. The molecular formula is C18H24FNO4. The summed E-state index contributed by atoms with van der Waals surface area (Å²) >= 11 is 0. The number of piperidine rings is 1. The molecule has 1 aromatic rings. The number of aliphatic hydroxyl groups excluding tert-OH is 1. The van der Waals surface area contributed by atoms with Crippen LogP contribution in [0.1, 0.15) is 31.7 Å². The fourth-order valence-corrected chi connectivity index (χ4v) is 3.63. The van der Waals surface area contributed by atoms with E-state index in [4.69, 9.17) is 4.74 Å². The van der Waals surface area contributed by atoms with E-state index in [2.05, 4.69) is 0 Å². The van der Waals surface area contributed by atoms with Gasteiger partial charge in [0.05, 0.1) is 24.2 Å². The predicted molar refractivity (Wildman–Crippen MR) is 85.8 cm³/mol. The maximum absolute atomic E-state index is 12.9. The van der Waals surface area contributed by atoms with Crippen LogP contribution in [0.3, 0.4) is 0 Å². The van der Waals surface area contributed by atoms with Crippen LogP contribution < -0.4 is 0 Å². The van der Waals surface area contributed by atoms with Crippen molar-refractivity contribution >= 4 is 5.91 Å². The van der Waals surface area contributed by atoms with Gasteiger partial charge in [0.15, 0.2) is 0 Å². The minimum atomic E-state index is -1.15. The van der Waals surface area contributed by atoms with Crippen LogP contribution in [0.2, 0.25) is 0 Å². The lowest BCUT2D eigenvalue weighted by atomic mass is 9.76. The average molecular weight is 337 g/mol. The van der Waals surface area contributed by atoms with E-state index in [0.717, 1.165) is 5.56 Å². The number of carbonyl (C=O) groups excluding carboxylic acids is 1. The summed E-state index contributed by atoms with van der Waals surface area (Å²) in [6.07, 6.45) is 1.04. The van der Waals surface area contributed by atoms with Crippen molar-refractivity contribution in [2.75, 3.05) is 19.7 Å². The molecule has 2 saturated heterocycles. The molecule has 0 aromatic heterocycles. The summed E-state index contributed by atoms with van der Waals surface area (Å²) in [6.45, 7) is 2.88. The summed E-state index contributed by atoms with van der Waals surface area (Å²) in [5.74, 6) is -0.297. The normalized spacial score (nSPS) is 29.7. The molecule has 0 bridgehead atoms. The monoisotopic (exact) mass is 337 g/mol. The van der Waals surface area contributed by atoms with Crippen LogP contribution in [0.15, 0.2) is 24.3 Å². The summed E-state index contributed by atoms with van der Waals surface area (Å²) in [7, 11) is 0. The molecule has 2 atom stereocenters. The van der Waals surface area contributed by atoms with Gasteiger partial charge in [0.25, 0.3) is 0 Å². The van der Waals surface area contributed by atoms with Gasteiger partial charge in [-0.2, -0.15) is 0 Å². The van der Waals surface area contributed by atoms with Crippen molar-refractivity contribution in [3.05, 3.63) is 35.6 Å². The zero-order valence-corrected chi connectivity index (χ0v) is 13.9. The van der Waals surface area contributed by atoms with E-state index in [0.29, 0.717) is 32.4 Å². The first-order chi connectivity index (χ1) is 11.3. The van der Waals surface area contributed by atoms with Crippen LogP contribution in [0.5, 0.6) is 0 Å². The van der Waals surface area contributed by atoms with Crippen LogP contribution in [0.25, 0.3) is 0 Å². The van der Waals surface area contributed by atoms with E-state index in [1.807, 2.05) is 0 Å². The van der Waals surface area contributed by atoms with Crippen LogP contribution in [0, 0.1) is 5.82 Å². The SMILES string of the molecule is C[C@]1(O)CC2(CCN(C(=O)Cc3ccc(F)cc3)CC2)OC[C@@H]1O. The Morgan fingerprint density at radius 3 is 2.54 bits per heavy atom. The predicted octanol–water partition coefficient (Wildman–Crippen LogP) is 1.26. The standard InChI is InChI=1S/C18H24FNO4/c1-17(23)12-18(24-11-15(17)21)6-8-20(9-7-18)16(22)10-13-2-4-14(19)5-3-13/h2-5,15,21,23H,6-12H2,1H3/t15-,17-/m0/s1. The molecule has 1 aromatic carbocycles. The second-order valence-corrected chi connectivity index (χ2v) is 7.23. The van der Waals surface area contributed by atoms with E-state index >= 15 is 0 Å². The summed E-state index contributed by atoms with van der Waals surface area (Å²) in [4.78, 5) is 14.2. The number of halogens is 1. The summed E-state index contributed by atoms with van der Waals surface area (Å²) in [6, 6.07) is 5.97. The van der Waals surface area contributed by atoms with E-state index in [-0.39, 0.29) is 24.8 Å². The maximum atomic E-state index is 12.9. The number of hydrogen-bond acceptors (Lipinski definition) is 4. The van der Waals surface area contributed by atoms with Gasteiger partial charge >= 0.3 is 0 Å². The number of rotatable bonds is 2. The summed E-state index contributed by atoms with van der Waals surface area (Å²) in [5, 5.41) is 20.1. The van der Waals surface area contributed by atoms with E-state index in [9.17, 15) is 19.4 Å². The highest BCUT2D eigenvalue weighted by Gasteiger charge is 2.48. The van der Waals surface area contributed by atoms with Gasteiger partial charge < -0.3 is 19.8 Å². The molecule has 5 nitrogen and oxygen atoms in total. The Hall–Kier alpha value is -1.50. The molecular weight excluding hydrogens is 313 g/mol. The number of likely N-dealkylation sites (tertiary alicyclic amines) is 1. The van der Waals surface area contributed by atoms with E-state index in [1.54, 1.807) is 24.0 Å². The Morgan fingerprint density at radius 1 is 1.33 bits per heavy atom. The number of ether oxygens (including phenoxy) is 1. The lowest BCUT2D eigenvalue weighted by molar-refractivity contribution is -0.222. The van der Waals surface area contributed by atoms with Gasteiger partial charge in [-0.3, -0.25) is 4.79 Å². The third-order valence-corrected chi connectivity index (χ3v) is 5.24. The highest BCUT2D eigenvalue weighted by atomic mass is 19.1. The maximum Gasteiger partial charge on any atom is 0.226 e. The Kier molecular flexibility index (Phi) is 4.64. The van der Waals surface area contributed by atoms with Crippen molar-refractivity contribution in [3.8, 4) is 0 Å². The van der Waals surface area contributed by atoms with Crippen LogP contribution in [0.4, 0.5) is 4.39 Å². The molecule has 2 heterocycles. The summed E-state index contributed by atoms with van der Waals surface area (Å²) in [5.41, 5.74) is -0.824. The Bertz CT molecular complexity index is 594. The fourth-order valence-electron chi connectivity index (χ4n) is 3.63. The van der Waals surface area contributed by atoms with Gasteiger partial charge in [-0.1, -0.05) is 12.1 Å². The number of hydrogen-bond donors (Lipinski definition) is 2.